The lowest BCUT2D eigenvalue weighted by atomic mass is 9.93. The highest BCUT2D eigenvalue weighted by Crippen LogP contribution is 2.41. The van der Waals surface area contributed by atoms with E-state index in [1.165, 1.54) is 0 Å². The number of ketones is 1. The number of hydrogen-bond donors (Lipinski definition) is 0. The van der Waals surface area contributed by atoms with Gasteiger partial charge in [0, 0.05) is 19.8 Å². The van der Waals surface area contributed by atoms with Crippen molar-refractivity contribution in [3.63, 3.8) is 0 Å². The van der Waals surface area contributed by atoms with E-state index in [1.807, 2.05) is 24.3 Å². The van der Waals surface area contributed by atoms with Crippen molar-refractivity contribution in [2.45, 2.75) is 18.9 Å². The Labute approximate surface area is 164 Å². The van der Waals surface area contributed by atoms with Gasteiger partial charge in [0.05, 0.1) is 12.0 Å². The number of ether oxygens (including phenoxy) is 5. The van der Waals surface area contributed by atoms with Gasteiger partial charge in [0.25, 0.3) is 0 Å². The lowest BCUT2D eigenvalue weighted by Gasteiger charge is -2.28. The Balaban J connectivity index is 1.89. The van der Waals surface area contributed by atoms with Crippen LogP contribution in [0.5, 0.6) is 17.2 Å². The Morgan fingerprint density at radius 3 is 2.46 bits per heavy atom. The summed E-state index contributed by atoms with van der Waals surface area (Å²) in [5, 5.41) is 0. The van der Waals surface area contributed by atoms with E-state index in [1.54, 1.807) is 32.4 Å². The highest BCUT2D eigenvalue weighted by molar-refractivity contribution is 6.00. The molecule has 1 aliphatic heterocycles. The quantitative estimate of drug-likeness (QED) is 0.479. The molecule has 1 aliphatic rings. The third-order valence-electron chi connectivity index (χ3n) is 4.42. The summed E-state index contributed by atoms with van der Waals surface area (Å²) in [6.07, 6.45) is 2.18. The standard InChI is InChI=1S/C22H24O6/c1-4-5-18-20(27-14-25-3)11-10-17-19(23)12-21(28-22(17)18)15-6-8-16(9-7-15)26-13-24-2/h4,6-11,21H,1,5,12-14H2,2-3H3. The Morgan fingerprint density at radius 1 is 1.07 bits per heavy atom. The molecule has 2 aromatic rings. The van der Waals surface area contributed by atoms with Gasteiger partial charge in [-0.3, -0.25) is 4.79 Å². The molecule has 1 unspecified atom stereocenters. The minimum Gasteiger partial charge on any atom is -0.484 e. The monoisotopic (exact) mass is 384 g/mol. The van der Waals surface area contributed by atoms with Crippen molar-refractivity contribution in [2.75, 3.05) is 27.8 Å². The van der Waals surface area contributed by atoms with E-state index in [4.69, 9.17) is 23.7 Å². The molecule has 148 valence electrons. The fourth-order valence-corrected chi connectivity index (χ4v) is 3.11. The maximum Gasteiger partial charge on any atom is 0.188 e. The van der Waals surface area contributed by atoms with Crippen LogP contribution in [0.3, 0.4) is 0 Å². The summed E-state index contributed by atoms with van der Waals surface area (Å²) in [4.78, 5) is 12.7. The van der Waals surface area contributed by atoms with Crippen molar-refractivity contribution in [3.8, 4) is 17.2 Å². The maximum absolute atomic E-state index is 12.7. The van der Waals surface area contributed by atoms with Gasteiger partial charge in [-0.15, -0.1) is 6.58 Å². The summed E-state index contributed by atoms with van der Waals surface area (Å²) in [5.74, 6) is 1.90. The van der Waals surface area contributed by atoms with E-state index < -0.39 is 0 Å². The number of benzene rings is 2. The van der Waals surface area contributed by atoms with Gasteiger partial charge in [0.2, 0.25) is 0 Å². The average molecular weight is 384 g/mol. The number of Topliss-reactive ketones (excluding diaryl/α,β-unsaturated/α-hetero) is 1. The van der Waals surface area contributed by atoms with E-state index in [0.29, 0.717) is 29.2 Å². The van der Waals surface area contributed by atoms with Crippen molar-refractivity contribution >= 4 is 5.78 Å². The van der Waals surface area contributed by atoms with Crippen LogP contribution >= 0.6 is 0 Å². The second kappa shape index (κ2) is 9.39. The molecule has 3 rings (SSSR count). The van der Waals surface area contributed by atoms with Gasteiger partial charge in [-0.1, -0.05) is 18.2 Å². The van der Waals surface area contributed by atoms with Crippen LogP contribution in [0.1, 0.15) is 34.0 Å². The van der Waals surface area contributed by atoms with Gasteiger partial charge in [-0.25, -0.2) is 0 Å². The molecular weight excluding hydrogens is 360 g/mol. The molecule has 2 aromatic carbocycles. The van der Waals surface area contributed by atoms with Gasteiger partial charge >= 0.3 is 0 Å². The zero-order chi connectivity index (χ0) is 19.9. The van der Waals surface area contributed by atoms with Crippen molar-refractivity contribution in [1.29, 1.82) is 0 Å². The normalized spacial score (nSPS) is 15.5. The first-order valence-corrected chi connectivity index (χ1v) is 8.98. The molecule has 0 bridgehead atoms. The molecule has 1 atom stereocenters. The molecule has 0 saturated heterocycles. The molecule has 0 saturated carbocycles. The van der Waals surface area contributed by atoms with Crippen molar-refractivity contribution in [2.24, 2.45) is 0 Å². The van der Waals surface area contributed by atoms with Crippen LogP contribution in [-0.4, -0.2) is 33.6 Å². The Kier molecular flexibility index (Phi) is 6.68. The van der Waals surface area contributed by atoms with Crippen LogP contribution in [0.15, 0.2) is 49.1 Å². The minimum atomic E-state index is -0.377. The zero-order valence-electron chi connectivity index (χ0n) is 16.1. The number of carbonyl (C=O) groups is 1. The first-order valence-electron chi connectivity index (χ1n) is 8.98. The molecule has 28 heavy (non-hydrogen) atoms. The predicted octanol–water partition coefficient (Wildman–Crippen LogP) is 4.09. The van der Waals surface area contributed by atoms with E-state index in [2.05, 4.69) is 6.58 Å². The van der Waals surface area contributed by atoms with E-state index >= 15 is 0 Å². The summed E-state index contributed by atoms with van der Waals surface area (Å²) in [5.41, 5.74) is 2.26. The van der Waals surface area contributed by atoms with Gasteiger partial charge < -0.3 is 23.7 Å². The van der Waals surface area contributed by atoms with E-state index in [9.17, 15) is 4.79 Å². The maximum atomic E-state index is 12.7. The summed E-state index contributed by atoms with van der Waals surface area (Å²) < 4.78 is 27.2. The van der Waals surface area contributed by atoms with Crippen molar-refractivity contribution in [1.82, 2.24) is 0 Å². The van der Waals surface area contributed by atoms with Crippen LogP contribution < -0.4 is 14.2 Å². The SMILES string of the molecule is C=CCc1c(OCOC)ccc2c1OC(c1ccc(OCOC)cc1)CC2=O. The molecule has 6 nitrogen and oxygen atoms in total. The molecule has 0 fully saturated rings. The summed E-state index contributed by atoms with van der Waals surface area (Å²) >= 11 is 0. The fraction of sp³-hybridized carbons (Fsp3) is 0.318. The van der Waals surface area contributed by atoms with Gasteiger partial charge in [0.1, 0.15) is 23.4 Å². The Bertz CT molecular complexity index is 828. The first kappa shape index (κ1) is 19.9. The van der Waals surface area contributed by atoms with Gasteiger partial charge in [-0.05, 0) is 36.2 Å². The van der Waals surface area contributed by atoms with Crippen LogP contribution in [0, 0.1) is 0 Å². The molecule has 1 heterocycles. The summed E-state index contributed by atoms with van der Waals surface area (Å²) in [6.45, 7) is 4.10. The van der Waals surface area contributed by atoms with Crippen LogP contribution in [0.4, 0.5) is 0 Å². The van der Waals surface area contributed by atoms with Gasteiger partial charge in [-0.2, -0.15) is 0 Å². The number of allylic oxidation sites excluding steroid dienone is 1. The smallest absolute Gasteiger partial charge is 0.188 e. The number of fused-ring (bicyclic) bond motifs is 1. The molecule has 0 spiro atoms. The molecule has 0 radical (unpaired) electrons. The molecule has 0 aliphatic carbocycles. The fourth-order valence-electron chi connectivity index (χ4n) is 3.11. The topological polar surface area (TPSA) is 63.2 Å². The lowest BCUT2D eigenvalue weighted by Crippen LogP contribution is -2.22. The lowest BCUT2D eigenvalue weighted by molar-refractivity contribution is 0.0499. The second-order valence-electron chi connectivity index (χ2n) is 6.32. The first-order chi connectivity index (χ1) is 13.7. The number of rotatable bonds is 9. The van der Waals surface area contributed by atoms with Crippen LogP contribution in [-0.2, 0) is 15.9 Å². The van der Waals surface area contributed by atoms with Crippen molar-refractivity contribution < 1.29 is 28.5 Å². The van der Waals surface area contributed by atoms with E-state index in [0.717, 1.165) is 11.1 Å². The average Bonchev–Trinajstić information content (AvgIpc) is 2.72. The third-order valence-corrected chi connectivity index (χ3v) is 4.42. The molecule has 0 amide bonds. The molecule has 6 heteroatoms. The number of hydrogen-bond acceptors (Lipinski definition) is 6. The van der Waals surface area contributed by atoms with E-state index in [-0.39, 0.29) is 31.9 Å². The number of methoxy groups -OCH3 is 2. The van der Waals surface area contributed by atoms with Crippen molar-refractivity contribution in [3.05, 3.63) is 65.7 Å². The highest BCUT2D eigenvalue weighted by Gasteiger charge is 2.30. The summed E-state index contributed by atoms with van der Waals surface area (Å²) in [7, 11) is 3.13. The molecule has 0 N–H and O–H groups in total. The Hall–Kier alpha value is -2.83. The van der Waals surface area contributed by atoms with Crippen LogP contribution in [0.2, 0.25) is 0 Å². The van der Waals surface area contributed by atoms with Crippen LogP contribution in [0.25, 0.3) is 0 Å². The summed E-state index contributed by atoms with van der Waals surface area (Å²) in [6, 6.07) is 11.0. The second-order valence-corrected chi connectivity index (χ2v) is 6.32. The highest BCUT2D eigenvalue weighted by atomic mass is 16.7. The largest absolute Gasteiger partial charge is 0.484 e. The third kappa shape index (κ3) is 4.35. The minimum absolute atomic E-state index is 0.0366. The van der Waals surface area contributed by atoms with Gasteiger partial charge in [0.15, 0.2) is 19.4 Å². The predicted molar refractivity (Wildman–Crippen MR) is 104 cm³/mol. The zero-order valence-corrected chi connectivity index (χ0v) is 16.1. The molecular formula is C22H24O6. The number of carbonyl (C=O) groups excluding carboxylic acids is 1. The Morgan fingerprint density at radius 2 is 1.79 bits per heavy atom. The molecule has 0 aromatic heterocycles.